The van der Waals surface area contributed by atoms with Crippen molar-refractivity contribution >= 4 is 11.6 Å². The Hall–Kier alpha value is -3.31. The quantitative estimate of drug-likeness (QED) is 0.450. The zero-order valence-corrected chi connectivity index (χ0v) is 15.6. The Labute approximate surface area is 157 Å². The third-order valence-corrected chi connectivity index (χ3v) is 4.63. The summed E-state index contributed by atoms with van der Waals surface area (Å²) in [6.07, 6.45) is 0.595. The lowest BCUT2D eigenvalue weighted by Gasteiger charge is -2.21. The number of hydrogen-bond donors (Lipinski definition) is 0. The SMILES string of the molecule is COc1ccc([C@H]2CC(c3ccc(C)cc3C)=NN2C(=O)CN=[N+]=[N-])cc1. The minimum absolute atomic E-state index is 0.243. The van der Waals surface area contributed by atoms with E-state index >= 15 is 0 Å². The monoisotopic (exact) mass is 363 g/mol. The Morgan fingerprint density at radius 3 is 2.67 bits per heavy atom. The maximum atomic E-state index is 12.6. The first-order chi connectivity index (χ1) is 13.0. The summed E-state index contributed by atoms with van der Waals surface area (Å²) < 4.78 is 5.21. The summed E-state index contributed by atoms with van der Waals surface area (Å²) in [6, 6.07) is 13.5. The maximum absolute atomic E-state index is 12.6. The van der Waals surface area contributed by atoms with Crippen molar-refractivity contribution in [2.75, 3.05) is 13.7 Å². The highest BCUT2D eigenvalue weighted by Crippen LogP contribution is 2.34. The molecule has 0 N–H and O–H groups in total. The van der Waals surface area contributed by atoms with Gasteiger partial charge in [0.15, 0.2) is 0 Å². The smallest absolute Gasteiger partial charge is 0.249 e. The second-order valence-corrected chi connectivity index (χ2v) is 6.49. The topological polar surface area (TPSA) is 90.7 Å². The molecule has 2 aromatic carbocycles. The molecule has 1 amide bonds. The maximum Gasteiger partial charge on any atom is 0.249 e. The van der Waals surface area contributed by atoms with E-state index in [1.165, 1.54) is 10.6 Å². The van der Waals surface area contributed by atoms with Crippen LogP contribution in [0.25, 0.3) is 10.4 Å². The van der Waals surface area contributed by atoms with E-state index in [0.717, 1.165) is 28.2 Å². The van der Waals surface area contributed by atoms with Gasteiger partial charge in [-0.15, -0.1) is 0 Å². The van der Waals surface area contributed by atoms with Crippen LogP contribution < -0.4 is 4.74 Å². The van der Waals surface area contributed by atoms with Crippen molar-refractivity contribution in [3.8, 4) is 5.75 Å². The fourth-order valence-electron chi connectivity index (χ4n) is 3.29. The first kappa shape index (κ1) is 18.5. The molecule has 7 nitrogen and oxygen atoms in total. The number of carbonyl (C=O) groups excluding carboxylic acids is 1. The molecule has 3 rings (SSSR count). The van der Waals surface area contributed by atoms with E-state index < -0.39 is 0 Å². The molecule has 0 aromatic heterocycles. The lowest BCUT2D eigenvalue weighted by Crippen LogP contribution is -2.28. The van der Waals surface area contributed by atoms with E-state index in [1.807, 2.05) is 50.2 Å². The average Bonchev–Trinajstić information content (AvgIpc) is 3.11. The zero-order valence-electron chi connectivity index (χ0n) is 15.6. The molecular formula is C20H21N5O2. The van der Waals surface area contributed by atoms with Crippen molar-refractivity contribution in [3.63, 3.8) is 0 Å². The number of methoxy groups -OCH3 is 1. The van der Waals surface area contributed by atoms with Gasteiger partial charge in [0.2, 0.25) is 5.91 Å². The summed E-state index contributed by atoms with van der Waals surface area (Å²) in [5.41, 5.74) is 13.7. The van der Waals surface area contributed by atoms with Gasteiger partial charge in [0, 0.05) is 16.9 Å². The molecule has 0 saturated carbocycles. The molecule has 0 saturated heterocycles. The molecule has 1 heterocycles. The van der Waals surface area contributed by atoms with Crippen LogP contribution in [0.1, 0.15) is 34.7 Å². The highest BCUT2D eigenvalue weighted by atomic mass is 16.5. The summed E-state index contributed by atoms with van der Waals surface area (Å²) in [5.74, 6) is 0.424. The number of aryl methyl sites for hydroxylation is 2. The fraction of sp³-hybridized carbons (Fsp3) is 0.300. The van der Waals surface area contributed by atoms with Gasteiger partial charge in [-0.1, -0.05) is 41.0 Å². The summed E-state index contributed by atoms with van der Waals surface area (Å²) in [6.45, 7) is 3.83. The van der Waals surface area contributed by atoms with Gasteiger partial charge in [0.05, 0.1) is 18.9 Å². The molecule has 7 heteroatoms. The lowest BCUT2D eigenvalue weighted by atomic mass is 9.95. The van der Waals surface area contributed by atoms with Gasteiger partial charge in [-0.25, -0.2) is 5.01 Å². The van der Waals surface area contributed by atoms with E-state index in [1.54, 1.807) is 7.11 Å². The summed E-state index contributed by atoms with van der Waals surface area (Å²) in [7, 11) is 1.61. The zero-order chi connectivity index (χ0) is 19.4. The third kappa shape index (κ3) is 3.93. The van der Waals surface area contributed by atoms with E-state index in [9.17, 15) is 4.79 Å². The minimum atomic E-state index is -0.326. The van der Waals surface area contributed by atoms with Crippen LogP contribution in [-0.4, -0.2) is 30.3 Å². The van der Waals surface area contributed by atoms with Crippen LogP contribution in [-0.2, 0) is 4.79 Å². The molecule has 0 fully saturated rings. The van der Waals surface area contributed by atoms with Crippen LogP contribution >= 0.6 is 0 Å². The number of nitrogens with zero attached hydrogens (tertiary/aromatic N) is 5. The molecule has 0 radical (unpaired) electrons. The van der Waals surface area contributed by atoms with Crippen LogP contribution in [0.2, 0.25) is 0 Å². The molecule has 138 valence electrons. The van der Waals surface area contributed by atoms with Crippen molar-refractivity contribution in [1.82, 2.24) is 5.01 Å². The van der Waals surface area contributed by atoms with Gasteiger partial charge in [0.25, 0.3) is 0 Å². The van der Waals surface area contributed by atoms with Crippen molar-refractivity contribution < 1.29 is 9.53 Å². The molecule has 2 aromatic rings. The summed E-state index contributed by atoms with van der Waals surface area (Å²) >= 11 is 0. The van der Waals surface area contributed by atoms with E-state index in [2.05, 4.69) is 21.2 Å². The Kier molecular flexibility index (Phi) is 5.43. The van der Waals surface area contributed by atoms with Gasteiger partial charge in [-0.2, -0.15) is 5.10 Å². The first-order valence-electron chi connectivity index (χ1n) is 8.65. The summed E-state index contributed by atoms with van der Waals surface area (Å²) in [5, 5.41) is 9.42. The fourth-order valence-corrected chi connectivity index (χ4v) is 3.29. The molecule has 1 aliphatic rings. The second-order valence-electron chi connectivity index (χ2n) is 6.49. The third-order valence-electron chi connectivity index (χ3n) is 4.63. The lowest BCUT2D eigenvalue weighted by molar-refractivity contribution is -0.131. The standard InChI is InChI=1S/C20H21N5O2/c1-13-4-9-17(14(2)10-13)18-11-19(15-5-7-16(27-3)8-6-15)25(23-18)20(26)12-22-24-21/h4-10,19H,11-12H2,1-3H3/t19-/m1/s1. The largest absolute Gasteiger partial charge is 0.497 e. The van der Waals surface area contributed by atoms with E-state index in [0.29, 0.717) is 6.42 Å². The van der Waals surface area contributed by atoms with Crippen LogP contribution in [0.4, 0.5) is 0 Å². The molecular weight excluding hydrogens is 342 g/mol. The predicted octanol–water partition coefficient (Wildman–Crippen LogP) is 4.30. The summed E-state index contributed by atoms with van der Waals surface area (Å²) in [4.78, 5) is 15.2. The molecule has 0 unspecified atom stereocenters. The number of rotatable bonds is 5. The van der Waals surface area contributed by atoms with Gasteiger partial charge >= 0.3 is 0 Å². The number of amides is 1. The minimum Gasteiger partial charge on any atom is -0.497 e. The molecule has 27 heavy (non-hydrogen) atoms. The molecule has 0 spiro atoms. The van der Waals surface area contributed by atoms with Gasteiger partial charge < -0.3 is 4.74 Å². The van der Waals surface area contributed by atoms with Gasteiger partial charge in [-0.05, 0) is 42.6 Å². The van der Waals surface area contributed by atoms with Crippen molar-refractivity contribution in [2.45, 2.75) is 26.3 Å². The van der Waals surface area contributed by atoms with Gasteiger partial charge in [0.1, 0.15) is 12.3 Å². The molecule has 1 aliphatic heterocycles. The van der Waals surface area contributed by atoms with Crippen LogP contribution in [0.3, 0.4) is 0 Å². The van der Waals surface area contributed by atoms with E-state index in [-0.39, 0.29) is 18.5 Å². The molecule has 0 aliphatic carbocycles. The number of carbonyl (C=O) groups is 1. The Morgan fingerprint density at radius 1 is 1.30 bits per heavy atom. The molecule has 1 atom stereocenters. The Balaban J connectivity index is 1.96. The molecule has 0 bridgehead atoms. The van der Waals surface area contributed by atoms with Crippen molar-refractivity contribution in [2.24, 2.45) is 10.2 Å². The highest BCUT2D eigenvalue weighted by Gasteiger charge is 2.33. The average molecular weight is 363 g/mol. The number of hydrazone groups is 1. The van der Waals surface area contributed by atoms with Gasteiger partial charge in [-0.3, -0.25) is 4.79 Å². The number of azide groups is 1. The predicted molar refractivity (Wildman–Crippen MR) is 104 cm³/mol. The van der Waals surface area contributed by atoms with Crippen LogP contribution in [0.15, 0.2) is 52.7 Å². The Bertz CT molecular complexity index is 930. The highest BCUT2D eigenvalue weighted by molar-refractivity contribution is 6.04. The number of benzene rings is 2. The van der Waals surface area contributed by atoms with E-state index in [4.69, 9.17) is 10.3 Å². The normalized spacial score (nSPS) is 15.9. The van der Waals surface area contributed by atoms with Crippen LogP contribution in [0.5, 0.6) is 5.75 Å². The van der Waals surface area contributed by atoms with Crippen molar-refractivity contribution in [3.05, 3.63) is 75.2 Å². The number of ether oxygens (including phenoxy) is 1. The Morgan fingerprint density at radius 2 is 2.04 bits per heavy atom. The second kappa shape index (κ2) is 7.93. The number of hydrogen-bond acceptors (Lipinski definition) is 4. The van der Waals surface area contributed by atoms with Crippen LogP contribution in [0, 0.1) is 13.8 Å². The first-order valence-corrected chi connectivity index (χ1v) is 8.65. The van der Waals surface area contributed by atoms with Crippen molar-refractivity contribution in [1.29, 1.82) is 0 Å².